The van der Waals surface area contributed by atoms with Crippen LogP contribution in [0.5, 0.6) is 0 Å². The highest BCUT2D eigenvalue weighted by Gasteiger charge is 2.21. The molecule has 1 aliphatic heterocycles. The minimum Gasteiger partial charge on any atom is -0.314 e. The molecule has 1 aliphatic rings. The summed E-state index contributed by atoms with van der Waals surface area (Å²) in [5, 5.41) is 4.64. The molecule has 0 unspecified atom stereocenters. The quantitative estimate of drug-likeness (QED) is 0.751. The molecule has 0 bridgehead atoms. The van der Waals surface area contributed by atoms with Crippen molar-refractivity contribution in [1.29, 1.82) is 0 Å². The molecule has 1 N–H and O–H groups in total. The summed E-state index contributed by atoms with van der Waals surface area (Å²) in [6, 6.07) is 6.38. The number of rotatable bonds is 5. The van der Waals surface area contributed by atoms with Crippen LogP contribution < -0.4 is 5.32 Å². The molecule has 1 saturated heterocycles. The summed E-state index contributed by atoms with van der Waals surface area (Å²) in [6.45, 7) is 8.06. The summed E-state index contributed by atoms with van der Waals surface area (Å²) in [5.41, 5.74) is 1.25. The summed E-state index contributed by atoms with van der Waals surface area (Å²) < 4.78 is 0. The highest BCUT2D eigenvalue weighted by molar-refractivity contribution is 6.42. The van der Waals surface area contributed by atoms with Crippen LogP contribution in [0.4, 0.5) is 0 Å². The molecule has 2 rings (SSSR count). The third-order valence-corrected chi connectivity index (χ3v) is 4.30. The Bertz CT molecular complexity index is 434. The van der Waals surface area contributed by atoms with E-state index in [0.717, 1.165) is 39.0 Å². The van der Waals surface area contributed by atoms with Gasteiger partial charge in [-0.2, -0.15) is 0 Å². The zero-order valence-corrected chi connectivity index (χ0v) is 15.0. The Hall–Kier alpha value is 0.0400. The summed E-state index contributed by atoms with van der Waals surface area (Å²) in [4.78, 5) is 2.51. The fourth-order valence-electron chi connectivity index (χ4n) is 2.55. The van der Waals surface area contributed by atoms with Gasteiger partial charge in [-0.25, -0.2) is 0 Å². The molecule has 21 heavy (non-hydrogen) atoms. The molecule has 0 radical (unpaired) electrons. The van der Waals surface area contributed by atoms with Gasteiger partial charge in [0.1, 0.15) is 0 Å². The maximum Gasteiger partial charge on any atom is 0.0595 e. The Balaban J connectivity index is 0.00000200. The van der Waals surface area contributed by atoms with Crippen molar-refractivity contribution in [2.45, 2.75) is 18.9 Å². The second-order valence-electron chi connectivity index (χ2n) is 4.84. The number of allylic oxidation sites excluding steroid dienone is 1. The van der Waals surface area contributed by atoms with Gasteiger partial charge in [-0.1, -0.05) is 35.3 Å². The van der Waals surface area contributed by atoms with Gasteiger partial charge in [0.15, 0.2) is 0 Å². The van der Waals surface area contributed by atoms with Crippen LogP contribution in [0.1, 0.15) is 24.4 Å². The van der Waals surface area contributed by atoms with Crippen LogP contribution in [0.15, 0.2) is 30.9 Å². The van der Waals surface area contributed by atoms with Crippen LogP contribution in [-0.2, 0) is 0 Å². The van der Waals surface area contributed by atoms with Crippen LogP contribution in [0.3, 0.4) is 0 Å². The molecule has 0 saturated carbocycles. The zero-order chi connectivity index (χ0) is 13.7. The molecule has 1 atom stereocenters. The van der Waals surface area contributed by atoms with E-state index < -0.39 is 0 Å². The Labute approximate surface area is 149 Å². The molecule has 1 aromatic rings. The number of nitrogens with one attached hydrogen (secondary N) is 1. The lowest BCUT2D eigenvalue weighted by molar-refractivity contribution is 0.166. The van der Waals surface area contributed by atoms with Crippen LogP contribution in [0.25, 0.3) is 0 Å². The third kappa shape index (κ3) is 5.97. The first-order chi connectivity index (χ1) is 9.22. The average Bonchev–Trinajstić information content (AvgIpc) is 2.44. The average molecular weight is 372 g/mol. The van der Waals surface area contributed by atoms with E-state index in [1.165, 1.54) is 5.56 Å². The van der Waals surface area contributed by atoms with Gasteiger partial charge in [0.2, 0.25) is 0 Å². The number of halogens is 4. The molecule has 1 heterocycles. The Morgan fingerprint density at radius 2 is 1.86 bits per heavy atom. The van der Waals surface area contributed by atoms with E-state index in [1.54, 1.807) is 0 Å². The highest BCUT2D eigenvalue weighted by atomic mass is 35.5. The van der Waals surface area contributed by atoms with E-state index >= 15 is 0 Å². The Morgan fingerprint density at radius 3 is 2.43 bits per heavy atom. The van der Waals surface area contributed by atoms with Gasteiger partial charge in [0, 0.05) is 32.2 Å². The first-order valence-electron chi connectivity index (χ1n) is 6.73. The van der Waals surface area contributed by atoms with E-state index in [9.17, 15) is 0 Å². The molecule has 1 fully saturated rings. The predicted octanol–water partition coefficient (Wildman–Crippen LogP) is 4.75. The predicted molar refractivity (Wildman–Crippen MR) is 97.6 cm³/mol. The van der Waals surface area contributed by atoms with E-state index in [-0.39, 0.29) is 24.8 Å². The maximum absolute atomic E-state index is 6.15. The largest absolute Gasteiger partial charge is 0.314 e. The van der Waals surface area contributed by atoms with Gasteiger partial charge in [-0.05, 0) is 30.5 Å². The van der Waals surface area contributed by atoms with E-state index in [0.29, 0.717) is 16.1 Å². The van der Waals surface area contributed by atoms with E-state index in [1.807, 2.05) is 18.2 Å². The molecule has 0 spiro atoms. The van der Waals surface area contributed by atoms with Gasteiger partial charge in [0.05, 0.1) is 10.0 Å². The minimum atomic E-state index is 0. The second-order valence-corrected chi connectivity index (χ2v) is 5.66. The molecule has 0 aliphatic carbocycles. The van der Waals surface area contributed by atoms with Crippen LogP contribution in [0, 0.1) is 0 Å². The Kier molecular flexibility index (Phi) is 10.7. The number of benzene rings is 1. The number of nitrogens with zero attached hydrogens (tertiary/aromatic N) is 1. The van der Waals surface area contributed by atoms with Crippen LogP contribution in [0.2, 0.25) is 10.0 Å². The van der Waals surface area contributed by atoms with Gasteiger partial charge in [-0.3, -0.25) is 4.90 Å². The van der Waals surface area contributed by atoms with Gasteiger partial charge >= 0.3 is 0 Å². The molecule has 2 nitrogen and oxygen atoms in total. The monoisotopic (exact) mass is 370 g/mol. The first kappa shape index (κ1) is 21.0. The molecule has 1 aromatic carbocycles. The van der Waals surface area contributed by atoms with E-state index in [2.05, 4.69) is 22.9 Å². The lowest BCUT2D eigenvalue weighted by atomic mass is 9.99. The van der Waals surface area contributed by atoms with Crippen molar-refractivity contribution in [3.63, 3.8) is 0 Å². The molecule has 0 amide bonds. The number of hydrogen-bond donors (Lipinski definition) is 1. The first-order valence-corrected chi connectivity index (χ1v) is 7.48. The summed E-state index contributed by atoms with van der Waals surface area (Å²) >= 11 is 12.2. The maximum atomic E-state index is 6.15. The van der Waals surface area contributed by atoms with Crippen molar-refractivity contribution >= 4 is 48.0 Å². The smallest absolute Gasteiger partial charge is 0.0595 e. The van der Waals surface area contributed by atoms with Crippen molar-refractivity contribution < 1.29 is 0 Å². The van der Waals surface area contributed by atoms with E-state index in [4.69, 9.17) is 23.2 Å². The molecule has 6 heteroatoms. The van der Waals surface area contributed by atoms with Crippen LogP contribution in [-0.4, -0.2) is 31.1 Å². The van der Waals surface area contributed by atoms with Gasteiger partial charge in [-0.15, -0.1) is 31.4 Å². The summed E-state index contributed by atoms with van der Waals surface area (Å²) in [5.74, 6) is 0. The summed E-state index contributed by atoms with van der Waals surface area (Å²) in [7, 11) is 0. The Morgan fingerprint density at radius 1 is 1.19 bits per heavy atom. The lowest BCUT2D eigenvalue weighted by Gasteiger charge is -2.35. The highest BCUT2D eigenvalue weighted by Crippen LogP contribution is 2.31. The second kappa shape index (κ2) is 10.7. The SMILES string of the molecule is C=CCC[C@H](c1ccc(Cl)c(Cl)c1)N1CCNCC1.Cl.Cl. The number of piperazine rings is 1. The van der Waals surface area contributed by atoms with Crippen LogP contribution >= 0.6 is 48.0 Å². The van der Waals surface area contributed by atoms with Crippen molar-refractivity contribution in [2.75, 3.05) is 26.2 Å². The molecular formula is C15H22Cl4N2. The topological polar surface area (TPSA) is 15.3 Å². The number of hydrogen-bond acceptors (Lipinski definition) is 2. The van der Waals surface area contributed by atoms with Crippen molar-refractivity contribution in [3.8, 4) is 0 Å². The standard InChI is InChI=1S/C15H20Cl2N2.2ClH/c1-2-3-4-15(19-9-7-18-8-10-19)12-5-6-13(16)14(17)11-12;;/h2,5-6,11,15,18H,1,3-4,7-10H2;2*1H/t15-;;/m1../s1. The van der Waals surface area contributed by atoms with Crippen molar-refractivity contribution in [1.82, 2.24) is 10.2 Å². The molecular weight excluding hydrogens is 350 g/mol. The van der Waals surface area contributed by atoms with Gasteiger partial charge in [0.25, 0.3) is 0 Å². The lowest BCUT2D eigenvalue weighted by Crippen LogP contribution is -2.45. The van der Waals surface area contributed by atoms with Gasteiger partial charge < -0.3 is 5.32 Å². The molecule has 0 aromatic heterocycles. The fraction of sp³-hybridized carbons (Fsp3) is 0.467. The third-order valence-electron chi connectivity index (χ3n) is 3.57. The minimum absolute atomic E-state index is 0. The zero-order valence-electron chi connectivity index (χ0n) is 11.9. The molecule has 120 valence electrons. The normalized spacial score (nSPS) is 16.5. The fourth-order valence-corrected chi connectivity index (χ4v) is 2.86. The van der Waals surface area contributed by atoms with Crippen molar-refractivity contribution in [2.24, 2.45) is 0 Å². The summed E-state index contributed by atoms with van der Waals surface area (Å²) in [6.07, 6.45) is 4.06. The van der Waals surface area contributed by atoms with Crippen molar-refractivity contribution in [3.05, 3.63) is 46.5 Å².